The van der Waals surface area contributed by atoms with E-state index in [9.17, 15) is 4.79 Å². The van der Waals surface area contributed by atoms with Crippen LogP contribution in [0, 0.1) is 11.3 Å². The van der Waals surface area contributed by atoms with Crippen molar-refractivity contribution in [3.63, 3.8) is 0 Å². The molecule has 0 aromatic carbocycles. The van der Waals surface area contributed by atoms with E-state index in [1.54, 1.807) is 0 Å². The van der Waals surface area contributed by atoms with Gasteiger partial charge in [-0.2, -0.15) is 0 Å². The van der Waals surface area contributed by atoms with E-state index in [4.69, 9.17) is 12.2 Å². The van der Waals surface area contributed by atoms with E-state index < -0.39 is 0 Å². The molecule has 18 heavy (non-hydrogen) atoms. The number of hydrogen-bond donors (Lipinski definition) is 2. The molecule has 0 aliphatic carbocycles. The quantitative estimate of drug-likeness (QED) is 0.731. The maximum Gasteiger partial charge on any atom is 0.220 e. The Bertz CT molecular complexity index is 309. The minimum Gasteiger partial charge on any atom is -0.374 e. The van der Waals surface area contributed by atoms with Crippen LogP contribution < -0.4 is 10.6 Å². The maximum absolute atomic E-state index is 11.8. The minimum absolute atomic E-state index is 0.0906. The molecule has 0 aliphatic rings. The molecule has 0 aliphatic heterocycles. The van der Waals surface area contributed by atoms with Crippen molar-refractivity contribution in [3.05, 3.63) is 0 Å². The van der Waals surface area contributed by atoms with Gasteiger partial charge in [-0.1, -0.05) is 39.9 Å². The van der Waals surface area contributed by atoms with E-state index in [0.29, 0.717) is 18.9 Å². The van der Waals surface area contributed by atoms with Gasteiger partial charge in [0.2, 0.25) is 5.91 Å². The van der Waals surface area contributed by atoms with Crippen LogP contribution in [-0.4, -0.2) is 23.0 Å². The van der Waals surface area contributed by atoms with Crippen molar-refractivity contribution in [2.24, 2.45) is 11.3 Å². The Hall–Kier alpha value is -0.640. The molecule has 0 atom stereocenters. The Morgan fingerprint density at radius 1 is 1.22 bits per heavy atom. The van der Waals surface area contributed by atoms with Crippen LogP contribution in [0.15, 0.2) is 0 Å². The number of thiocarbonyl (C=S) groups is 1. The first-order chi connectivity index (χ1) is 8.03. The van der Waals surface area contributed by atoms with Gasteiger partial charge in [0, 0.05) is 24.4 Å². The lowest BCUT2D eigenvalue weighted by atomic mass is 9.71. The third-order valence-corrected chi connectivity index (χ3v) is 4.20. The second kappa shape index (κ2) is 6.50. The molecule has 1 amide bonds. The first-order valence-corrected chi connectivity index (χ1v) is 7.03. The Morgan fingerprint density at radius 2 is 1.72 bits per heavy atom. The molecule has 0 unspecified atom stereocenters. The van der Waals surface area contributed by atoms with Crippen LogP contribution in [0.3, 0.4) is 0 Å². The van der Waals surface area contributed by atoms with Gasteiger partial charge in [-0.3, -0.25) is 4.79 Å². The van der Waals surface area contributed by atoms with Gasteiger partial charge < -0.3 is 10.6 Å². The molecule has 0 fully saturated rings. The summed E-state index contributed by atoms with van der Waals surface area (Å²) < 4.78 is 0. The Kier molecular flexibility index (Phi) is 6.27. The van der Waals surface area contributed by atoms with E-state index in [1.807, 2.05) is 6.92 Å². The van der Waals surface area contributed by atoms with E-state index >= 15 is 0 Å². The summed E-state index contributed by atoms with van der Waals surface area (Å²) in [4.78, 5) is 12.6. The first kappa shape index (κ1) is 17.4. The lowest BCUT2D eigenvalue weighted by molar-refractivity contribution is -0.123. The van der Waals surface area contributed by atoms with Crippen molar-refractivity contribution < 1.29 is 4.79 Å². The third-order valence-electron chi connectivity index (χ3n) is 3.63. The van der Waals surface area contributed by atoms with Gasteiger partial charge in [0.1, 0.15) is 0 Å². The molecular weight excluding hydrogens is 244 g/mol. The van der Waals surface area contributed by atoms with Crippen molar-refractivity contribution in [3.8, 4) is 0 Å². The van der Waals surface area contributed by atoms with Crippen LogP contribution in [0.2, 0.25) is 0 Å². The SMILES string of the molecule is CCNC(=O)CC(C)(C)C(C)(C)NC(=S)C(C)C. The number of amides is 1. The highest BCUT2D eigenvalue weighted by Crippen LogP contribution is 2.34. The summed E-state index contributed by atoms with van der Waals surface area (Å²) in [6, 6.07) is 0. The molecule has 0 aromatic heterocycles. The average Bonchev–Trinajstić information content (AvgIpc) is 2.15. The second-order valence-electron chi connectivity index (χ2n) is 6.28. The van der Waals surface area contributed by atoms with Crippen LogP contribution >= 0.6 is 12.2 Å². The highest BCUT2D eigenvalue weighted by Gasteiger charge is 2.39. The van der Waals surface area contributed by atoms with Crippen molar-refractivity contribution in [2.75, 3.05) is 6.54 Å². The van der Waals surface area contributed by atoms with Gasteiger partial charge in [-0.15, -0.1) is 0 Å². The number of nitrogens with one attached hydrogen (secondary N) is 2. The molecule has 2 N–H and O–H groups in total. The summed E-state index contributed by atoms with van der Waals surface area (Å²) in [6.07, 6.45) is 0.488. The van der Waals surface area contributed by atoms with Crippen LogP contribution in [0.25, 0.3) is 0 Å². The molecule has 4 heteroatoms. The fraction of sp³-hybridized carbons (Fsp3) is 0.857. The Labute approximate surface area is 117 Å². The number of rotatable bonds is 6. The summed E-state index contributed by atoms with van der Waals surface area (Å²) >= 11 is 5.35. The van der Waals surface area contributed by atoms with Crippen molar-refractivity contribution in [1.29, 1.82) is 0 Å². The number of hydrogen-bond acceptors (Lipinski definition) is 2. The van der Waals surface area contributed by atoms with Crippen LogP contribution in [0.1, 0.15) is 54.9 Å². The number of carbonyl (C=O) groups excluding carboxylic acids is 1. The maximum atomic E-state index is 11.8. The lowest BCUT2D eigenvalue weighted by Gasteiger charge is -2.43. The normalized spacial score (nSPS) is 12.4. The molecule has 0 saturated heterocycles. The van der Waals surface area contributed by atoms with E-state index in [2.05, 4.69) is 52.2 Å². The lowest BCUT2D eigenvalue weighted by Crippen LogP contribution is -2.55. The van der Waals surface area contributed by atoms with Gasteiger partial charge >= 0.3 is 0 Å². The Morgan fingerprint density at radius 3 is 2.11 bits per heavy atom. The average molecular weight is 272 g/mol. The highest BCUT2D eigenvalue weighted by atomic mass is 32.1. The molecular formula is C14H28N2OS. The third kappa shape index (κ3) is 4.92. The fourth-order valence-corrected chi connectivity index (χ4v) is 1.76. The summed E-state index contributed by atoms with van der Waals surface area (Å²) in [7, 11) is 0. The molecule has 0 heterocycles. The molecule has 0 rings (SSSR count). The van der Waals surface area contributed by atoms with E-state index in [1.165, 1.54) is 0 Å². The van der Waals surface area contributed by atoms with Crippen molar-refractivity contribution >= 4 is 23.1 Å². The Balaban J connectivity index is 4.74. The van der Waals surface area contributed by atoms with Crippen molar-refractivity contribution in [2.45, 2.75) is 60.4 Å². The highest BCUT2D eigenvalue weighted by molar-refractivity contribution is 7.80. The molecule has 3 nitrogen and oxygen atoms in total. The fourth-order valence-electron chi connectivity index (χ4n) is 1.50. The molecule has 0 aromatic rings. The van der Waals surface area contributed by atoms with Crippen LogP contribution in [0.4, 0.5) is 0 Å². The van der Waals surface area contributed by atoms with Gasteiger partial charge in [0.15, 0.2) is 0 Å². The zero-order chi connectivity index (χ0) is 14.6. The van der Waals surface area contributed by atoms with Crippen LogP contribution in [0.5, 0.6) is 0 Å². The summed E-state index contributed by atoms with van der Waals surface area (Å²) in [5.74, 6) is 0.410. The summed E-state index contributed by atoms with van der Waals surface area (Å²) in [5.41, 5.74) is -0.398. The number of carbonyl (C=O) groups is 1. The van der Waals surface area contributed by atoms with Gasteiger partial charge in [-0.25, -0.2) is 0 Å². The van der Waals surface area contributed by atoms with Gasteiger partial charge in [0.05, 0.1) is 4.99 Å². The monoisotopic (exact) mass is 272 g/mol. The first-order valence-electron chi connectivity index (χ1n) is 6.62. The molecule has 0 spiro atoms. The zero-order valence-electron chi connectivity index (χ0n) is 12.8. The van der Waals surface area contributed by atoms with Crippen LogP contribution in [-0.2, 0) is 4.79 Å². The van der Waals surface area contributed by atoms with Gasteiger partial charge in [0.25, 0.3) is 0 Å². The zero-order valence-corrected chi connectivity index (χ0v) is 13.6. The van der Waals surface area contributed by atoms with E-state index in [0.717, 1.165) is 4.99 Å². The van der Waals surface area contributed by atoms with E-state index in [-0.39, 0.29) is 16.9 Å². The molecule has 0 saturated carbocycles. The smallest absolute Gasteiger partial charge is 0.220 e. The predicted octanol–water partition coefficient (Wildman–Crippen LogP) is 2.89. The molecule has 0 radical (unpaired) electrons. The summed E-state index contributed by atoms with van der Waals surface area (Å²) in [6.45, 7) is 15.1. The topological polar surface area (TPSA) is 41.1 Å². The molecule has 106 valence electrons. The summed E-state index contributed by atoms with van der Waals surface area (Å²) in [5, 5.41) is 6.25. The standard InChI is InChI=1S/C14H28N2OS/c1-8-15-11(17)9-13(4,5)14(6,7)16-12(18)10(2)3/h10H,8-9H2,1-7H3,(H,15,17)(H,16,18). The molecule has 0 bridgehead atoms. The minimum atomic E-state index is -0.223. The van der Waals surface area contributed by atoms with Gasteiger partial charge in [-0.05, 0) is 26.2 Å². The predicted molar refractivity (Wildman–Crippen MR) is 81.7 cm³/mol. The second-order valence-corrected chi connectivity index (χ2v) is 6.72. The van der Waals surface area contributed by atoms with Crippen molar-refractivity contribution in [1.82, 2.24) is 10.6 Å². The largest absolute Gasteiger partial charge is 0.374 e.